The quantitative estimate of drug-likeness (QED) is 0.719. The number of hydrazine groups is 1. The van der Waals surface area contributed by atoms with E-state index in [4.69, 9.17) is 9.84 Å². The van der Waals surface area contributed by atoms with Gasteiger partial charge in [-0.2, -0.15) is 0 Å². The number of carbonyl (C=O) groups excluding carboxylic acids is 1. The average Bonchev–Trinajstić information content (AvgIpc) is 2.79. The van der Waals surface area contributed by atoms with Crippen molar-refractivity contribution >= 4 is 11.9 Å². The number of amides is 1. The summed E-state index contributed by atoms with van der Waals surface area (Å²) in [6.07, 6.45) is 2.10. The monoisotopic (exact) mass is 242 g/mol. The summed E-state index contributed by atoms with van der Waals surface area (Å²) < 4.78 is 5.18. The first-order chi connectivity index (χ1) is 8.18. The first-order valence-electron chi connectivity index (χ1n) is 6.04. The van der Waals surface area contributed by atoms with Crippen molar-refractivity contribution in [2.24, 2.45) is 11.8 Å². The largest absolute Gasteiger partial charge is 0.481 e. The molecule has 6 heteroatoms. The molecule has 2 aliphatic rings. The Morgan fingerprint density at radius 2 is 1.82 bits per heavy atom. The van der Waals surface area contributed by atoms with Crippen molar-refractivity contribution in [1.82, 2.24) is 10.4 Å². The summed E-state index contributed by atoms with van der Waals surface area (Å²) in [5.41, 5.74) is 2.80. The fourth-order valence-corrected chi connectivity index (χ4v) is 2.48. The molecule has 0 radical (unpaired) electrons. The molecule has 0 bridgehead atoms. The van der Waals surface area contributed by atoms with Gasteiger partial charge in [-0.15, -0.1) is 0 Å². The fourth-order valence-electron chi connectivity index (χ4n) is 2.48. The Kier molecular flexibility index (Phi) is 3.96. The Morgan fingerprint density at radius 1 is 1.18 bits per heavy atom. The van der Waals surface area contributed by atoms with E-state index in [9.17, 15) is 9.59 Å². The van der Waals surface area contributed by atoms with Crippen LogP contribution in [0.2, 0.25) is 0 Å². The van der Waals surface area contributed by atoms with Gasteiger partial charge in [0.2, 0.25) is 5.91 Å². The average molecular weight is 242 g/mol. The van der Waals surface area contributed by atoms with Crippen molar-refractivity contribution in [3.63, 3.8) is 0 Å². The van der Waals surface area contributed by atoms with Crippen molar-refractivity contribution in [2.45, 2.75) is 19.3 Å². The Hall–Kier alpha value is -1.14. The molecule has 1 saturated carbocycles. The standard InChI is InChI=1S/C11H18N2O4/c14-10(12-13-4-6-17-7-5-13)8-2-1-3-9(8)11(15)16/h8-9H,1-7H2,(H,12,14)(H,15,16)/t8-,9+/m1/s1. The number of carboxylic acids is 1. The Bertz CT molecular complexity index is 302. The number of carboxylic acid groups (broad SMARTS) is 1. The Labute approximate surface area is 99.9 Å². The van der Waals surface area contributed by atoms with Gasteiger partial charge in [0.25, 0.3) is 0 Å². The van der Waals surface area contributed by atoms with Crippen LogP contribution < -0.4 is 5.43 Å². The van der Waals surface area contributed by atoms with Gasteiger partial charge in [0.1, 0.15) is 0 Å². The maximum Gasteiger partial charge on any atom is 0.307 e. The number of rotatable bonds is 3. The van der Waals surface area contributed by atoms with E-state index in [0.29, 0.717) is 39.1 Å². The predicted octanol–water partition coefficient (Wildman–Crippen LogP) is -0.149. The third-order valence-electron chi connectivity index (χ3n) is 3.45. The highest BCUT2D eigenvalue weighted by Crippen LogP contribution is 2.32. The van der Waals surface area contributed by atoms with Crippen LogP contribution in [0, 0.1) is 11.8 Å². The van der Waals surface area contributed by atoms with Gasteiger partial charge in [0, 0.05) is 13.1 Å². The summed E-state index contributed by atoms with van der Waals surface area (Å²) in [4.78, 5) is 23.0. The highest BCUT2D eigenvalue weighted by molar-refractivity contribution is 5.84. The van der Waals surface area contributed by atoms with Crippen molar-refractivity contribution in [2.75, 3.05) is 26.3 Å². The molecule has 2 N–H and O–H groups in total. The van der Waals surface area contributed by atoms with Crippen LogP contribution in [-0.2, 0) is 14.3 Å². The van der Waals surface area contributed by atoms with Crippen LogP contribution in [0.25, 0.3) is 0 Å². The first kappa shape index (κ1) is 12.3. The minimum atomic E-state index is -0.857. The van der Waals surface area contributed by atoms with Crippen molar-refractivity contribution in [3.05, 3.63) is 0 Å². The van der Waals surface area contributed by atoms with Crippen molar-refractivity contribution in [1.29, 1.82) is 0 Å². The molecule has 1 heterocycles. The van der Waals surface area contributed by atoms with Gasteiger partial charge < -0.3 is 9.84 Å². The van der Waals surface area contributed by atoms with Crippen LogP contribution in [0.1, 0.15) is 19.3 Å². The number of carbonyl (C=O) groups is 2. The molecule has 17 heavy (non-hydrogen) atoms. The van der Waals surface area contributed by atoms with E-state index < -0.39 is 11.9 Å². The second kappa shape index (κ2) is 5.46. The third kappa shape index (κ3) is 2.95. The summed E-state index contributed by atoms with van der Waals surface area (Å²) in [7, 11) is 0. The highest BCUT2D eigenvalue weighted by Gasteiger charge is 2.38. The van der Waals surface area contributed by atoms with E-state index in [-0.39, 0.29) is 11.8 Å². The zero-order chi connectivity index (χ0) is 12.3. The molecule has 2 rings (SSSR count). The van der Waals surface area contributed by atoms with Gasteiger partial charge in [-0.05, 0) is 12.8 Å². The smallest absolute Gasteiger partial charge is 0.307 e. The lowest BCUT2D eigenvalue weighted by atomic mass is 9.96. The lowest BCUT2D eigenvalue weighted by Gasteiger charge is -2.28. The molecule has 6 nitrogen and oxygen atoms in total. The molecule has 0 spiro atoms. The zero-order valence-corrected chi connectivity index (χ0v) is 9.72. The minimum Gasteiger partial charge on any atom is -0.481 e. The third-order valence-corrected chi connectivity index (χ3v) is 3.45. The van der Waals surface area contributed by atoms with Gasteiger partial charge in [-0.25, -0.2) is 5.01 Å². The lowest BCUT2D eigenvalue weighted by Crippen LogP contribution is -2.51. The van der Waals surface area contributed by atoms with Crippen molar-refractivity contribution < 1.29 is 19.4 Å². The van der Waals surface area contributed by atoms with Crippen LogP contribution in [0.15, 0.2) is 0 Å². The number of nitrogens with one attached hydrogen (secondary N) is 1. The van der Waals surface area contributed by atoms with Crippen LogP contribution in [0.5, 0.6) is 0 Å². The molecule has 1 aliphatic carbocycles. The molecule has 2 fully saturated rings. The number of hydrogen-bond donors (Lipinski definition) is 2. The Balaban J connectivity index is 1.88. The molecular weight excluding hydrogens is 224 g/mol. The molecule has 0 unspecified atom stereocenters. The molecule has 0 aromatic carbocycles. The van der Waals surface area contributed by atoms with E-state index in [1.807, 2.05) is 5.01 Å². The molecule has 1 amide bonds. The molecule has 1 saturated heterocycles. The SMILES string of the molecule is O=C(O)[C@H]1CCC[C@H]1C(=O)NN1CCOCC1. The maximum atomic E-state index is 12.0. The summed E-state index contributed by atoms with van der Waals surface area (Å²) in [5, 5.41) is 10.8. The van der Waals surface area contributed by atoms with E-state index >= 15 is 0 Å². The van der Waals surface area contributed by atoms with Crippen LogP contribution in [0.4, 0.5) is 0 Å². The molecule has 96 valence electrons. The van der Waals surface area contributed by atoms with Gasteiger partial charge in [-0.3, -0.25) is 15.0 Å². The summed E-state index contributed by atoms with van der Waals surface area (Å²) in [6.45, 7) is 2.53. The first-order valence-corrected chi connectivity index (χ1v) is 6.04. The second-order valence-electron chi connectivity index (χ2n) is 4.56. The number of nitrogens with zero attached hydrogens (tertiary/aromatic N) is 1. The van der Waals surface area contributed by atoms with E-state index in [0.717, 1.165) is 6.42 Å². The van der Waals surface area contributed by atoms with Crippen LogP contribution in [0.3, 0.4) is 0 Å². The molecule has 0 aromatic rings. The van der Waals surface area contributed by atoms with Crippen LogP contribution in [-0.4, -0.2) is 48.3 Å². The molecule has 2 atom stereocenters. The topological polar surface area (TPSA) is 78.9 Å². The fraction of sp³-hybridized carbons (Fsp3) is 0.818. The van der Waals surface area contributed by atoms with Gasteiger partial charge >= 0.3 is 5.97 Å². The lowest BCUT2D eigenvalue weighted by molar-refractivity contribution is -0.147. The highest BCUT2D eigenvalue weighted by atomic mass is 16.5. The van der Waals surface area contributed by atoms with Gasteiger partial charge in [0.15, 0.2) is 0 Å². The minimum absolute atomic E-state index is 0.156. The van der Waals surface area contributed by atoms with Crippen LogP contribution >= 0.6 is 0 Å². The van der Waals surface area contributed by atoms with E-state index in [2.05, 4.69) is 5.43 Å². The number of hydrogen-bond acceptors (Lipinski definition) is 4. The summed E-state index contributed by atoms with van der Waals surface area (Å²) >= 11 is 0. The number of ether oxygens (including phenoxy) is 1. The number of aliphatic carboxylic acids is 1. The van der Waals surface area contributed by atoms with E-state index in [1.54, 1.807) is 0 Å². The summed E-state index contributed by atoms with van der Waals surface area (Å²) in [6, 6.07) is 0. The zero-order valence-electron chi connectivity index (χ0n) is 9.72. The van der Waals surface area contributed by atoms with Crippen molar-refractivity contribution in [3.8, 4) is 0 Å². The van der Waals surface area contributed by atoms with Gasteiger partial charge in [0.05, 0.1) is 25.0 Å². The predicted molar refractivity (Wildman–Crippen MR) is 59.0 cm³/mol. The Morgan fingerprint density at radius 3 is 2.47 bits per heavy atom. The second-order valence-corrected chi connectivity index (χ2v) is 4.56. The number of morpholine rings is 1. The molecule has 0 aromatic heterocycles. The molecular formula is C11H18N2O4. The summed E-state index contributed by atoms with van der Waals surface area (Å²) in [5.74, 6) is -1.91. The normalized spacial score (nSPS) is 30.1. The molecule has 1 aliphatic heterocycles. The maximum absolute atomic E-state index is 12.0. The van der Waals surface area contributed by atoms with Gasteiger partial charge in [-0.1, -0.05) is 6.42 Å². The van der Waals surface area contributed by atoms with E-state index in [1.165, 1.54) is 0 Å².